The van der Waals surface area contributed by atoms with Crippen molar-refractivity contribution in [1.82, 2.24) is 10.2 Å². The highest BCUT2D eigenvalue weighted by Gasteiger charge is 2.20. The molecular weight excluding hydrogens is 246 g/mol. The predicted octanol–water partition coefficient (Wildman–Crippen LogP) is 4.07. The third kappa shape index (κ3) is 2.17. The van der Waals surface area contributed by atoms with Gasteiger partial charge >= 0.3 is 0 Å². The molecule has 104 valence electrons. The van der Waals surface area contributed by atoms with Crippen molar-refractivity contribution >= 4 is 5.82 Å². The Morgan fingerprint density at radius 3 is 2.55 bits per heavy atom. The average molecular weight is 267 g/mol. The summed E-state index contributed by atoms with van der Waals surface area (Å²) in [6.07, 6.45) is 4.02. The molecule has 1 N–H and O–H groups in total. The number of hydrogen-bond acceptors (Lipinski definition) is 3. The van der Waals surface area contributed by atoms with Crippen molar-refractivity contribution in [3.63, 3.8) is 0 Å². The lowest BCUT2D eigenvalue weighted by Gasteiger charge is -2.26. The van der Waals surface area contributed by atoms with E-state index in [9.17, 15) is 0 Å². The lowest BCUT2D eigenvalue weighted by molar-refractivity contribution is 0.420. The van der Waals surface area contributed by atoms with Crippen LogP contribution in [0.5, 0.6) is 0 Å². The van der Waals surface area contributed by atoms with Gasteiger partial charge in [-0.2, -0.15) is 0 Å². The zero-order chi connectivity index (χ0) is 14.1. The molecule has 0 radical (unpaired) electrons. The van der Waals surface area contributed by atoms with E-state index in [1.54, 1.807) is 0 Å². The summed E-state index contributed by atoms with van der Waals surface area (Å²) < 4.78 is 0. The molecule has 1 aliphatic carbocycles. The van der Waals surface area contributed by atoms with Crippen LogP contribution in [-0.4, -0.2) is 17.2 Å². The minimum Gasteiger partial charge on any atom is -0.371 e. The lowest BCUT2D eigenvalue weighted by Crippen LogP contribution is -2.08. The topological polar surface area (TPSA) is 37.8 Å². The fourth-order valence-corrected chi connectivity index (χ4v) is 2.80. The molecule has 3 heteroatoms. The molecule has 1 aromatic carbocycles. The fraction of sp³-hybridized carbons (Fsp3) is 0.412. The van der Waals surface area contributed by atoms with Crippen molar-refractivity contribution in [1.29, 1.82) is 0 Å². The van der Waals surface area contributed by atoms with Crippen LogP contribution >= 0.6 is 0 Å². The van der Waals surface area contributed by atoms with Crippen LogP contribution in [0.3, 0.4) is 0 Å². The van der Waals surface area contributed by atoms with Gasteiger partial charge in [-0.3, -0.25) is 0 Å². The van der Waals surface area contributed by atoms with Gasteiger partial charge in [-0.25, -0.2) is 0 Å². The molecule has 0 amide bonds. The second-order valence-electron chi connectivity index (χ2n) is 5.65. The van der Waals surface area contributed by atoms with Crippen molar-refractivity contribution in [3.05, 3.63) is 41.0 Å². The maximum absolute atomic E-state index is 4.41. The maximum atomic E-state index is 4.41. The Morgan fingerprint density at radius 2 is 1.90 bits per heavy atom. The average Bonchev–Trinajstić information content (AvgIpc) is 2.40. The minimum atomic E-state index is 0.751. The van der Waals surface area contributed by atoms with E-state index in [2.05, 4.69) is 53.6 Å². The SMILES string of the molecule is CNc1nnc(-c2cccc(C3CCC3)c2)c(C)c1C. The van der Waals surface area contributed by atoms with Crippen molar-refractivity contribution in [2.24, 2.45) is 0 Å². The molecule has 0 bridgehead atoms. The van der Waals surface area contributed by atoms with Gasteiger partial charge in [-0.1, -0.05) is 24.6 Å². The van der Waals surface area contributed by atoms with Crippen LogP contribution in [0.4, 0.5) is 5.82 Å². The first kappa shape index (κ1) is 13.1. The third-order valence-electron chi connectivity index (χ3n) is 4.50. The predicted molar refractivity (Wildman–Crippen MR) is 83.1 cm³/mol. The van der Waals surface area contributed by atoms with Crippen molar-refractivity contribution in [2.45, 2.75) is 39.0 Å². The van der Waals surface area contributed by atoms with E-state index in [0.717, 1.165) is 17.4 Å². The summed E-state index contributed by atoms with van der Waals surface area (Å²) in [5.74, 6) is 1.61. The summed E-state index contributed by atoms with van der Waals surface area (Å²) in [6.45, 7) is 4.21. The van der Waals surface area contributed by atoms with Crippen LogP contribution < -0.4 is 5.32 Å². The Hall–Kier alpha value is -1.90. The molecule has 2 aromatic rings. The van der Waals surface area contributed by atoms with Gasteiger partial charge in [0.2, 0.25) is 0 Å². The monoisotopic (exact) mass is 267 g/mol. The quantitative estimate of drug-likeness (QED) is 0.911. The molecule has 1 heterocycles. The Balaban J connectivity index is 2.02. The summed E-state index contributed by atoms with van der Waals surface area (Å²) in [5, 5.41) is 11.8. The van der Waals surface area contributed by atoms with Crippen LogP contribution in [-0.2, 0) is 0 Å². The zero-order valence-electron chi connectivity index (χ0n) is 12.4. The standard InChI is InChI=1S/C17H21N3/c1-11-12(2)17(18-3)20-19-16(11)15-9-5-8-14(10-15)13-6-4-7-13/h5,8-10,13H,4,6-7H2,1-3H3,(H,18,20). The van der Waals surface area contributed by atoms with Crippen molar-refractivity contribution in [3.8, 4) is 11.3 Å². The minimum absolute atomic E-state index is 0.751. The number of rotatable bonds is 3. The number of aromatic nitrogens is 2. The first-order chi connectivity index (χ1) is 9.70. The molecule has 0 aliphatic heterocycles. The Kier molecular flexibility index (Phi) is 3.43. The van der Waals surface area contributed by atoms with E-state index in [1.165, 1.54) is 41.5 Å². The molecule has 0 spiro atoms. The normalized spacial score (nSPS) is 14.9. The van der Waals surface area contributed by atoms with E-state index in [-0.39, 0.29) is 0 Å². The third-order valence-corrected chi connectivity index (χ3v) is 4.50. The van der Waals surface area contributed by atoms with Crippen molar-refractivity contribution in [2.75, 3.05) is 12.4 Å². The number of benzene rings is 1. The first-order valence-electron chi connectivity index (χ1n) is 7.32. The zero-order valence-corrected chi connectivity index (χ0v) is 12.4. The Labute approximate surface area is 120 Å². The Bertz CT molecular complexity index is 630. The molecule has 0 atom stereocenters. The van der Waals surface area contributed by atoms with Crippen LogP contribution in [0, 0.1) is 13.8 Å². The first-order valence-corrected chi connectivity index (χ1v) is 7.32. The molecule has 1 aromatic heterocycles. The number of nitrogens with one attached hydrogen (secondary N) is 1. The van der Waals surface area contributed by atoms with Gasteiger partial charge in [0.15, 0.2) is 5.82 Å². The van der Waals surface area contributed by atoms with Gasteiger partial charge in [0.05, 0.1) is 5.69 Å². The van der Waals surface area contributed by atoms with Gasteiger partial charge in [0.25, 0.3) is 0 Å². The largest absolute Gasteiger partial charge is 0.371 e. The molecule has 0 unspecified atom stereocenters. The summed E-state index contributed by atoms with van der Waals surface area (Å²) >= 11 is 0. The van der Waals surface area contributed by atoms with Crippen molar-refractivity contribution < 1.29 is 0 Å². The molecule has 3 nitrogen and oxygen atoms in total. The lowest BCUT2D eigenvalue weighted by atomic mass is 9.79. The van der Waals surface area contributed by atoms with E-state index < -0.39 is 0 Å². The van der Waals surface area contributed by atoms with Crippen LogP contribution in [0.2, 0.25) is 0 Å². The summed E-state index contributed by atoms with van der Waals surface area (Å²) in [6, 6.07) is 8.81. The molecular formula is C17H21N3. The van der Waals surface area contributed by atoms with Gasteiger partial charge in [0.1, 0.15) is 0 Å². The summed E-state index contributed by atoms with van der Waals surface area (Å²) in [7, 11) is 1.88. The van der Waals surface area contributed by atoms with Gasteiger partial charge < -0.3 is 5.32 Å². The van der Waals surface area contributed by atoms with Gasteiger partial charge in [-0.05, 0) is 55.4 Å². The molecule has 20 heavy (non-hydrogen) atoms. The summed E-state index contributed by atoms with van der Waals surface area (Å²) in [4.78, 5) is 0. The second-order valence-corrected chi connectivity index (χ2v) is 5.65. The van der Waals surface area contributed by atoms with Crippen LogP contribution in [0.15, 0.2) is 24.3 Å². The highest BCUT2D eigenvalue weighted by molar-refractivity contribution is 5.67. The number of hydrogen-bond donors (Lipinski definition) is 1. The maximum Gasteiger partial charge on any atom is 0.151 e. The smallest absolute Gasteiger partial charge is 0.151 e. The van der Waals surface area contributed by atoms with E-state index in [0.29, 0.717) is 0 Å². The second kappa shape index (κ2) is 5.23. The highest BCUT2D eigenvalue weighted by atomic mass is 15.2. The summed E-state index contributed by atoms with van der Waals surface area (Å²) in [5.41, 5.74) is 6.01. The molecule has 1 fully saturated rings. The number of anilines is 1. The van der Waals surface area contributed by atoms with Gasteiger partial charge in [-0.15, -0.1) is 10.2 Å². The van der Waals surface area contributed by atoms with E-state index >= 15 is 0 Å². The highest BCUT2D eigenvalue weighted by Crippen LogP contribution is 2.37. The van der Waals surface area contributed by atoms with Crippen LogP contribution in [0.25, 0.3) is 11.3 Å². The molecule has 1 saturated carbocycles. The van der Waals surface area contributed by atoms with E-state index in [1.807, 2.05) is 7.05 Å². The molecule has 1 aliphatic rings. The van der Waals surface area contributed by atoms with E-state index in [4.69, 9.17) is 0 Å². The van der Waals surface area contributed by atoms with Crippen LogP contribution in [0.1, 0.15) is 41.9 Å². The Morgan fingerprint density at radius 1 is 1.10 bits per heavy atom. The molecule has 0 saturated heterocycles. The molecule has 3 rings (SSSR count). The fourth-order valence-electron chi connectivity index (χ4n) is 2.80. The van der Waals surface area contributed by atoms with Gasteiger partial charge in [0, 0.05) is 12.6 Å². The number of nitrogens with zero attached hydrogens (tertiary/aromatic N) is 2.